The lowest BCUT2D eigenvalue weighted by Crippen LogP contribution is -2.50. The number of nitrogens with one attached hydrogen (secondary N) is 1. The number of sulfonamides is 1. The lowest BCUT2D eigenvalue weighted by molar-refractivity contribution is -0.135. The van der Waals surface area contributed by atoms with Gasteiger partial charge in [0, 0.05) is 38.7 Å². The predicted octanol–water partition coefficient (Wildman–Crippen LogP) is 5.81. The number of amidine groups is 1. The molecule has 1 fully saturated rings. The van der Waals surface area contributed by atoms with Crippen LogP contribution in [-0.2, 0) is 26.0 Å². The standard InChI is InChI=1S/C30H45F3N4O5S/c1-21-19-23(36(6)27(39)42-28(3,4)5)20-22(2)24(21)12-18-43(40,41)37-16-14-29(15-17-37)26(38)34-25(35-29)11-9-7-8-10-13-30(31,32)33/h19-20H,7-18H2,1-6H3,(H,34,35,38). The van der Waals surface area contributed by atoms with Gasteiger partial charge in [-0.15, -0.1) is 0 Å². The number of aryl methyl sites for hydroxylation is 2. The minimum atomic E-state index is -4.14. The lowest BCUT2D eigenvalue weighted by Gasteiger charge is -2.34. The Bertz CT molecular complexity index is 1290. The van der Waals surface area contributed by atoms with Crippen LogP contribution >= 0.6 is 0 Å². The zero-order valence-electron chi connectivity index (χ0n) is 26.1. The highest BCUT2D eigenvalue weighted by atomic mass is 32.2. The molecule has 0 aromatic heterocycles. The second kappa shape index (κ2) is 13.5. The van der Waals surface area contributed by atoms with Gasteiger partial charge in [-0.25, -0.2) is 17.5 Å². The average Bonchev–Trinajstić information content (AvgIpc) is 3.17. The van der Waals surface area contributed by atoms with Crippen LogP contribution < -0.4 is 10.2 Å². The molecule has 3 rings (SSSR count). The van der Waals surface area contributed by atoms with E-state index in [1.54, 1.807) is 27.8 Å². The van der Waals surface area contributed by atoms with Crippen LogP contribution in [0.1, 0.15) is 88.8 Å². The maximum absolute atomic E-state index is 13.3. The van der Waals surface area contributed by atoms with Crippen LogP contribution in [0, 0.1) is 13.8 Å². The molecule has 242 valence electrons. The Morgan fingerprint density at radius 1 is 1.05 bits per heavy atom. The number of ether oxygens (including phenoxy) is 1. The summed E-state index contributed by atoms with van der Waals surface area (Å²) in [5, 5.41) is 2.80. The van der Waals surface area contributed by atoms with E-state index in [1.165, 1.54) is 9.21 Å². The molecule has 1 spiro atoms. The molecule has 0 bridgehead atoms. The number of carbonyl (C=O) groups excluding carboxylic acids is 2. The maximum Gasteiger partial charge on any atom is 0.414 e. The molecule has 0 radical (unpaired) electrons. The third kappa shape index (κ3) is 9.66. The topological polar surface area (TPSA) is 108 Å². The number of nitrogens with zero attached hydrogens (tertiary/aromatic N) is 3. The van der Waals surface area contributed by atoms with E-state index in [1.807, 2.05) is 26.0 Å². The molecule has 2 heterocycles. The minimum Gasteiger partial charge on any atom is -0.443 e. The molecule has 2 amide bonds. The van der Waals surface area contributed by atoms with Crippen molar-refractivity contribution in [2.75, 3.05) is 30.8 Å². The van der Waals surface area contributed by atoms with Crippen LogP contribution in [0.15, 0.2) is 17.1 Å². The summed E-state index contributed by atoms with van der Waals surface area (Å²) in [5.74, 6) is 0.209. The van der Waals surface area contributed by atoms with Crippen molar-refractivity contribution in [3.05, 3.63) is 28.8 Å². The summed E-state index contributed by atoms with van der Waals surface area (Å²) in [5.41, 5.74) is 1.71. The van der Waals surface area contributed by atoms with E-state index >= 15 is 0 Å². The quantitative estimate of drug-likeness (QED) is 0.311. The first-order valence-corrected chi connectivity index (χ1v) is 16.4. The third-order valence-corrected chi connectivity index (χ3v) is 9.81. The highest BCUT2D eigenvalue weighted by molar-refractivity contribution is 7.89. The average molecular weight is 631 g/mol. The molecular weight excluding hydrogens is 585 g/mol. The van der Waals surface area contributed by atoms with Crippen molar-refractivity contribution >= 4 is 33.5 Å². The highest BCUT2D eigenvalue weighted by Gasteiger charge is 2.47. The molecule has 2 aliphatic rings. The van der Waals surface area contributed by atoms with Crippen molar-refractivity contribution in [1.82, 2.24) is 9.62 Å². The lowest BCUT2D eigenvalue weighted by atomic mass is 9.89. The molecule has 1 N–H and O–H groups in total. The molecule has 1 saturated heterocycles. The van der Waals surface area contributed by atoms with E-state index < -0.39 is 39.9 Å². The first-order chi connectivity index (χ1) is 19.8. The van der Waals surface area contributed by atoms with E-state index in [9.17, 15) is 31.2 Å². The monoisotopic (exact) mass is 630 g/mol. The van der Waals surface area contributed by atoms with Gasteiger partial charge in [-0.05, 0) is 95.5 Å². The first-order valence-electron chi connectivity index (χ1n) is 14.8. The molecule has 13 heteroatoms. The number of halogens is 3. The van der Waals surface area contributed by atoms with Crippen LogP contribution in [-0.4, -0.2) is 73.8 Å². The number of unbranched alkanes of at least 4 members (excludes halogenated alkanes) is 3. The number of benzene rings is 1. The largest absolute Gasteiger partial charge is 0.443 e. The Kier molecular flexibility index (Phi) is 11.0. The van der Waals surface area contributed by atoms with Crippen molar-refractivity contribution in [1.29, 1.82) is 0 Å². The summed E-state index contributed by atoms with van der Waals surface area (Å²) < 4.78 is 70.3. The summed E-state index contributed by atoms with van der Waals surface area (Å²) in [6.07, 6.45) is -2.26. The normalized spacial score (nSPS) is 17.6. The summed E-state index contributed by atoms with van der Waals surface area (Å²) in [4.78, 5) is 31.3. The van der Waals surface area contributed by atoms with Crippen molar-refractivity contribution in [2.24, 2.45) is 4.99 Å². The number of hydrogen-bond donors (Lipinski definition) is 1. The Balaban J connectivity index is 1.53. The zero-order valence-corrected chi connectivity index (χ0v) is 26.9. The van der Waals surface area contributed by atoms with Crippen molar-refractivity contribution in [3.63, 3.8) is 0 Å². The van der Waals surface area contributed by atoms with Gasteiger partial charge in [0.05, 0.1) is 5.75 Å². The number of amides is 2. The summed E-state index contributed by atoms with van der Waals surface area (Å²) in [6.45, 7) is 9.54. The van der Waals surface area contributed by atoms with Gasteiger partial charge < -0.3 is 10.1 Å². The first kappa shape index (κ1) is 34.8. The SMILES string of the molecule is Cc1cc(N(C)C(=O)OC(C)(C)C)cc(C)c1CCS(=O)(=O)N1CCC2(CC1)N=C(CCCCCCC(F)(F)F)NC2=O. The Labute approximate surface area is 253 Å². The molecule has 2 aliphatic heterocycles. The van der Waals surface area contributed by atoms with Gasteiger partial charge in [-0.2, -0.15) is 13.2 Å². The number of carbonyl (C=O) groups is 2. The fourth-order valence-corrected chi connectivity index (χ4v) is 6.96. The minimum absolute atomic E-state index is 0.0853. The molecule has 1 aromatic rings. The molecule has 0 saturated carbocycles. The number of alkyl halides is 3. The summed E-state index contributed by atoms with van der Waals surface area (Å²) in [7, 11) is -1.96. The molecule has 43 heavy (non-hydrogen) atoms. The third-order valence-electron chi connectivity index (χ3n) is 7.94. The number of piperidine rings is 1. The number of anilines is 1. The van der Waals surface area contributed by atoms with Crippen molar-refractivity contribution < 1.29 is 35.9 Å². The van der Waals surface area contributed by atoms with Crippen molar-refractivity contribution in [3.8, 4) is 0 Å². The Morgan fingerprint density at radius 3 is 2.19 bits per heavy atom. The Hall–Kier alpha value is -2.67. The van der Waals surface area contributed by atoms with E-state index in [4.69, 9.17) is 4.74 Å². The second-order valence-corrected chi connectivity index (χ2v) is 14.7. The number of rotatable bonds is 11. The van der Waals surface area contributed by atoms with Crippen LogP contribution in [0.4, 0.5) is 23.7 Å². The molecule has 1 aromatic carbocycles. The van der Waals surface area contributed by atoms with E-state index in [0.29, 0.717) is 43.6 Å². The highest BCUT2D eigenvalue weighted by Crippen LogP contribution is 2.32. The molecule has 0 atom stereocenters. The van der Waals surface area contributed by atoms with Gasteiger partial charge in [-0.3, -0.25) is 14.7 Å². The van der Waals surface area contributed by atoms with Gasteiger partial charge in [-0.1, -0.05) is 12.8 Å². The van der Waals surface area contributed by atoms with Crippen LogP contribution in [0.5, 0.6) is 0 Å². The fraction of sp³-hybridized carbons (Fsp3) is 0.700. The summed E-state index contributed by atoms with van der Waals surface area (Å²) in [6, 6.07) is 3.70. The number of hydrogen-bond acceptors (Lipinski definition) is 6. The van der Waals surface area contributed by atoms with Crippen LogP contribution in [0.2, 0.25) is 0 Å². The number of aliphatic imine (C=N–C) groups is 1. The van der Waals surface area contributed by atoms with Gasteiger partial charge in [0.15, 0.2) is 0 Å². The Morgan fingerprint density at radius 2 is 1.63 bits per heavy atom. The van der Waals surface area contributed by atoms with Gasteiger partial charge in [0.25, 0.3) is 5.91 Å². The second-order valence-electron chi connectivity index (χ2n) is 12.6. The molecular formula is C30H45F3N4O5S. The van der Waals surface area contributed by atoms with E-state index in [2.05, 4.69) is 10.3 Å². The van der Waals surface area contributed by atoms with Gasteiger partial charge in [0.2, 0.25) is 10.0 Å². The predicted molar refractivity (Wildman–Crippen MR) is 161 cm³/mol. The molecule has 0 aliphatic carbocycles. The van der Waals surface area contributed by atoms with Crippen LogP contribution in [0.3, 0.4) is 0 Å². The zero-order chi connectivity index (χ0) is 32.2. The van der Waals surface area contributed by atoms with Crippen molar-refractivity contribution in [2.45, 2.75) is 110 Å². The maximum atomic E-state index is 13.3. The van der Waals surface area contributed by atoms with Gasteiger partial charge >= 0.3 is 12.3 Å². The molecule has 0 unspecified atom stereocenters. The summed E-state index contributed by atoms with van der Waals surface area (Å²) >= 11 is 0. The smallest absolute Gasteiger partial charge is 0.414 e. The fourth-order valence-electron chi connectivity index (χ4n) is 5.50. The van der Waals surface area contributed by atoms with Crippen LogP contribution in [0.25, 0.3) is 0 Å². The molecule has 9 nitrogen and oxygen atoms in total. The van der Waals surface area contributed by atoms with Gasteiger partial charge in [0.1, 0.15) is 17.0 Å². The van der Waals surface area contributed by atoms with E-state index in [0.717, 1.165) is 16.7 Å². The van der Waals surface area contributed by atoms with E-state index in [-0.39, 0.29) is 44.0 Å².